The van der Waals surface area contributed by atoms with Gasteiger partial charge in [-0.1, -0.05) is 67.8 Å². The highest BCUT2D eigenvalue weighted by Crippen LogP contribution is 2.53. The lowest BCUT2D eigenvalue weighted by Crippen LogP contribution is -2.46. The largest absolute Gasteiger partial charge is 0.393 e. The van der Waals surface area contributed by atoms with Crippen LogP contribution in [0.2, 0.25) is 0 Å². The molecule has 1 atom stereocenters. The van der Waals surface area contributed by atoms with Gasteiger partial charge in [0.2, 0.25) is 5.91 Å². The molecule has 0 fully saturated rings. The highest BCUT2D eigenvalue weighted by molar-refractivity contribution is 14.3. The third-order valence-electron chi connectivity index (χ3n) is 4.25. The van der Waals surface area contributed by atoms with E-state index < -0.39 is 42.6 Å². The van der Waals surface area contributed by atoms with Crippen LogP contribution < -0.4 is 15.5 Å². The molecule has 1 rings (SSSR count). The van der Waals surface area contributed by atoms with Gasteiger partial charge in [-0.3, -0.25) is 14.4 Å². The fraction of sp³-hybridized carbons (Fsp3) is 0.438. The number of benzene rings is 1. The Kier molecular flexibility index (Phi) is 9.49. The van der Waals surface area contributed by atoms with E-state index in [1.54, 1.807) is 0 Å². The van der Waals surface area contributed by atoms with Gasteiger partial charge >= 0.3 is 0 Å². The molecule has 6 N–H and O–H groups in total. The van der Waals surface area contributed by atoms with Gasteiger partial charge in [0.15, 0.2) is -0.565 Å². The van der Waals surface area contributed by atoms with Gasteiger partial charge in [-0.25, -0.2) is 0 Å². The van der Waals surface area contributed by atoms with Crippen molar-refractivity contribution in [2.45, 2.75) is 5.04 Å². The minimum absolute atomic E-state index is 0.0427. The highest BCUT2D eigenvalue weighted by Gasteiger charge is 2.50. The van der Waals surface area contributed by atoms with Crippen molar-refractivity contribution in [1.82, 2.24) is 0 Å². The van der Waals surface area contributed by atoms with Gasteiger partial charge in [-0.2, -0.15) is 0 Å². The summed E-state index contributed by atoms with van der Waals surface area (Å²) in [5, 5.41) is 39.7. The molecule has 0 aliphatic carbocycles. The molecular weight excluding hydrogens is 727 g/mol. The molecule has 13 heteroatoms. The normalized spacial score (nSPS) is 13.6. The van der Waals surface area contributed by atoms with Crippen LogP contribution >= 0.6 is 67.8 Å². The Balaban J connectivity index is 4.06. The van der Waals surface area contributed by atoms with E-state index in [1.807, 2.05) is 67.8 Å². The van der Waals surface area contributed by atoms with E-state index in [9.17, 15) is 29.7 Å². The molecule has 1 aromatic carbocycles. The van der Waals surface area contributed by atoms with Crippen molar-refractivity contribution < 1.29 is 34.8 Å². The van der Waals surface area contributed by atoms with Crippen LogP contribution in [-0.2, 0) is 15.2 Å². The monoisotopic (exact) mass is 747 g/mol. The first-order valence-corrected chi connectivity index (χ1v) is 11.1. The zero-order valence-corrected chi connectivity index (χ0v) is 21.9. The second-order valence-electron chi connectivity index (χ2n) is 5.99. The lowest BCUT2D eigenvalue weighted by molar-refractivity contribution is -0.121. The number of primary amides is 1. The van der Waals surface area contributed by atoms with Crippen molar-refractivity contribution in [1.29, 1.82) is 0 Å². The van der Waals surface area contributed by atoms with Gasteiger partial charge in [0.1, 0.15) is 18.8 Å². The van der Waals surface area contributed by atoms with Crippen molar-refractivity contribution >= 4 is 96.9 Å². The Morgan fingerprint density at radius 3 is 1.86 bits per heavy atom. The summed E-state index contributed by atoms with van der Waals surface area (Å²) in [5.41, 5.74) is 3.17. The number of rotatable bonds is 8. The lowest BCUT2D eigenvalue weighted by atomic mass is 9.88. The van der Waals surface area contributed by atoms with Crippen LogP contribution in [0.5, 0.6) is 0 Å². The van der Waals surface area contributed by atoms with Crippen molar-refractivity contribution in [2.75, 3.05) is 43.7 Å². The molecule has 0 heterocycles. The molecule has 162 valence electrons. The summed E-state index contributed by atoms with van der Waals surface area (Å²) < 4.78 is -1.09. The molecule has 0 aliphatic heterocycles. The number of nitrogens with two attached hydrogens (primary N) is 1. The summed E-state index contributed by atoms with van der Waals surface area (Å²) in [5.74, 6) is -2.44. The van der Waals surface area contributed by atoms with Gasteiger partial charge in [-0.05, 0) is 12.1 Å². The SMILES string of the molecule is CN(C(=O)CO)c1cc(C(N)=O)c(C(O)(CO)C(I)(I)I)c(N(C)C(=O)CO)c1. The highest BCUT2D eigenvalue weighted by atomic mass is 127. The van der Waals surface area contributed by atoms with Crippen LogP contribution in [0.15, 0.2) is 12.1 Å². The molecule has 0 bridgehead atoms. The number of halogens is 3. The minimum atomic E-state index is -2.05. The maximum absolute atomic E-state index is 12.3. The van der Waals surface area contributed by atoms with E-state index in [0.717, 1.165) is 9.80 Å². The number of aliphatic hydroxyl groups excluding tert-OH is 3. The average molecular weight is 747 g/mol. The van der Waals surface area contributed by atoms with Gasteiger partial charge in [0.05, 0.1) is 12.3 Å². The molecular formula is C16H20I3N3O7. The quantitative estimate of drug-likeness (QED) is 0.182. The zero-order valence-electron chi connectivity index (χ0n) is 15.4. The van der Waals surface area contributed by atoms with Crippen molar-refractivity contribution in [3.05, 3.63) is 23.3 Å². The fourth-order valence-electron chi connectivity index (χ4n) is 2.50. The van der Waals surface area contributed by atoms with Crippen LogP contribution in [-0.4, -0.2) is 71.5 Å². The van der Waals surface area contributed by atoms with Gasteiger partial charge in [-0.15, -0.1) is 0 Å². The second-order valence-corrected chi connectivity index (χ2v) is 17.0. The first-order chi connectivity index (χ1) is 13.3. The Morgan fingerprint density at radius 2 is 1.48 bits per heavy atom. The number of carbonyl (C=O) groups excluding carboxylic acids is 3. The van der Waals surface area contributed by atoms with Crippen molar-refractivity contribution in [3.8, 4) is 0 Å². The number of hydrogen-bond donors (Lipinski definition) is 5. The minimum Gasteiger partial charge on any atom is -0.393 e. The number of likely N-dealkylation sites (N-methyl/N-ethyl adjacent to an activating group) is 2. The number of anilines is 2. The first-order valence-electron chi connectivity index (χ1n) is 7.89. The van der Waals surface area contributed by atoms with Gasteiger partial charge < -0.3 is 36.0 Å². The van der Waals surface area contributed by atoms with E-state index in [4.69, 9.17) is 10.8 Å². The summed E-state index contributed by atoms with van der Waals surface area (Å²) in [6.45, 7) is -2.48. The van der Waals surface area contributed by atoms with Crippen LogP contribution in [0, 0.1) is 0 Å². The fourth-order valence-corrected chi connectivity index (χ4v) is 3.82. The topological polar surface area (TPSA) is 165 Å². The smallest absolute Gasteiger partial charge is 0.252 e. The molecule has 1 aromatic rings. The maximum atomic E-state index is 12.3. The standard InChI is InChI=1S/C16H20I3N3O7/c1-21(11(26)5-23)8-3-9(14(20)28)13(15(29,7-25)16(17,18)19)10(4-8)22(2)12(27)6-24/h3-4,23-25,29H,5-7H2,1-2H3,(H2,20,28). The number of aliphatic hydroxyl groups is 4. The molecule has 0 radical (unpaired) electrons. The number of hydrogen-bond acceptors (Lipinski definition) is 7. The molecule has 10 nitrogen and oxygen atoms in total. The first kappa shape index (κ1) is 26.7. The van der Waals surface area contributed by atoms with Crippen molar-refractivity contribution in [3.63, 3.8) is 0 Å². The van der Waals surface area contributed by atoms with Crippen molar-refractivity contribution in [2.24, 2.45) is 5.73 Å². The Bertz CT molecular complexity index is 816. The Labute approximate surface area is 207 Å². The maximum Gasteiger partial charge on any atom is 0.252 e. The van der Waals surface area contributed by atoms with Crippen LogP contribution in [0.25, 0.3) is 0 Å². The summed E-state index contributed by atoms with van der Waals surface area (Å²) in [4.78, 5) is 38.4. The van der Waals surface area contributed by atoms with Gasteiger partial charge in [0, 0.05) is 30.9 Å². The Hall–Kier alpha value is -0.340. The summed E-state index contributed by atoms with van der Waals surface area (Å²) >= 11 is 5.60. The average Bonchev–Trinajstić information content (AvgIpc) is 2.68. The third kappa shape index (κ3) is 5.48. The van der Waals surface area contributed by atoms with E-state index >= 15 is 0 Å². The van der Waals surface area contributed by atoms with E-state index in [1.165, 1.54) is 26.2 Å². The third-order valence-corrected chi connectivity index (χ3v) is 6.92. The molecule has 0 spiro atoms. The van der Waals surface area contributed by atoms with E-state index in [-0.39, 0.29) is 22.5 Å². The predicted molar refractivity (Wildman–Crippen MR) is 132 cm³/mol. The van der Waals surface area contributed by atoms with Crippen LogP contribution in [0.1, 0.15) is 15.9 Å². The predicted octanol–water partition coefficient (Wildman–Crippen LogP) is -0.166. The van der Waals surface area contributed by atoms with E-state index in [0.29, 0.717) is 0 Å². The summed E-state index contributed by atoms with van der Waals surface area (Å²) in [6, 6.07) is 2.54. The number of carbonyl (C=O) groups is 3. The lowest BCUT2D eigenvalue weighted by Gasteiger charge is -2.39. The summed E-state index contributed by atoms with van der Waals surface area (Å²) in [7, 11) is 2.64. The zero-order chi connectivity index (χ0) is 22.7. The number of alkyl halides is 3. The molecule has 29 heavy (non-hydrogen) atoms. The number of nitrogens with zero attached hydrogens (tertiary/aromatic N) is 2. The van der Waals surface area contributed by atoms with Crippen LogP contribution in [0.3, 0.4) is 0 Å². The molecule has 0 aliphatic rings. The van der Waals surface area contributed by atoms with E-state index in [2.05, 4.69) is 0 Å². The molecule has 0 saturated carbocycles. The van der Waals surface area contributed by atoms with Gasteiger partial charge in [0.25, 0.3) is 11.8 Å². The molecule has 1 unspecified atom stereocenters. The molecule has 3 amide bonds. The van der Waals surface area contributed by atoms with Crippen LogP contribution in [0.4, 0.5) is 11.4 Å². The molecule has 0 saturated heterocycles. The second kappa shape index (κ2) is 10.3. The Morgan fingerprint density at radius 1 is 1.00 bits per heavy atom. The number of amides is 3. The molecule has 0 aromatic heterocycles. The summed E-state index contributed by atoms with van der Waals surface area (Å²) in [6.07, 6.45) is 0.